The lowest BCUT2D eigenvalue weighted by Gasteiger charge is -2.24. The van der Waals surface area contributed by atoms with Gasteiger partial charge in [0, 0.05) is 6.54 Å². The fraction of sp³-hybridized carbons (Fsp3) is 0.364. The van der Waals surface area contributed by atoms with Crippen molar-refractivity contribution < 1.29 is 0 Å². The molecule has 4 heteroatoms. The van der Waals surface area contributed by atoms with Crippen LogP contribution in [0.25, 0.3) is 0 Å². The number of nitrogens with one attached hydrogen (secondary N) is 1. The molecule has 1 aliphatic heterocycles. The maximum absolute atomic E-state index is 5.65. The molecule has 1 aromatic carbocycles. The van der Waals surface area contributed by atoms with Crippen molar-refractivity contribution in [2.24, 2.45) is 10.7 Å². The normalized spacial score (nSPS) is 19.8. The maximum Gasteiger partial charge on any atom is 0.189 e. The molecule has 0 aliphatic carbocycles. The van der Waals surface area contributed by atoms with Gasteiger partial charge in [-0.05, 0) is 24.5 Å². The van der Waals surface area contributed by atoms with Gasteiger partial charge >= 0.3 is 0 Å². The first-order valence-electron chi connectivity index (χ1n) is 4.89. The number of hydrogen-bond donors (Lipinski definition) is 2. The molecule has 15 heavy (non-hydrogen) atoms. The zero-order valence-corrected chi connectivity index (χ0v) is 9.55. The number of aryl methyl sites for hydroxylation is 1. The molecule has 0 saturated heterocycles. The highest BCUT2D eigenvalue weighted by molar-refractivity contribution is 5.85. The molecule has 1 atom stereocenters. The molecule has 1 unspecified atom stereocenters. The van der Waals surface area contributed by atoms with Crippen LogP contribution in [-0.4, -0.2) is 12.5 Å². The topological polar surface area (TPSA) is 50.4 Å². The predicted octanol–water partition coefficient (Wildman–Crippen LogP) is 1.77. The minimum atomic E-state index is 0. The van der Waals surface area contributed by atoms with Crippen molar-refractivity contribution >= 4 is 18.4 Å². The Morgan fingerprint density at radius 2 is 2.13 bits per heavy atom. The quantitative estimate of drug-likeness (QED) is 0.766. The molecule has 0 saturated carbocycles. The van der Waals surface area contributed by atoms with Crippen LogP contribution in [0.3, 0.4) is 0 Å². The molecule has 2 rings (SSSR count). The maximum atomic E-state index is 5.65. The van der Waals surface area contributed by atoms with Gasteiger partial charge in [-0.25, -0.2) is 0 Å². The molecule has 3 N–H and O–H groups in total. The molecule has 0 bridgehead atoms. The van der Waals surface area contributed by atoms with Crippen molar-refractivity contribution in [1.82, 2.24) is 5.32 Å². The molecule has 1 aromatic rings. The Labute approximate surface area is 96.2 Å². The smallest absolute Gasteiger partial charge is 0.189 e. The van der Waals surface area contributed by atoms with Crippen LogP contribution in [0.4, 0.5) is 0 Å². The molecule has 0 fully saturated rings. The largest absolute Gasteiger partial charge is 0.370 e. The third-order valence-corrected chi connectivity index (χ3v) is 2.59. The SMILES string of the molecule is Cc1ccccc1C1CCN=C(N)N1.Cl. The lowest BCUT2D eigenvalue weighted by molar-refractivity contribution is 0.566. The van der Waals surface area contributed by atoms with Gasteiger partial charge in [0.05, 0.1) is 6.04 Å². The molecular formula is C11H16ClN3. The summed E-state index contributed by atoms with van der Waals surface area (Å²) in [4.78, 5) is 4.12. The van der Waals surface area contributed by atoms with Gasteiger partial charge in [-0.3, -0.25) is 4.99 Å². The van der Waals surface area contributed by atoms with E-state index >= 15 is 0 Å². The highest BCUT2D eigenvalue weighted by Gasteiger charge is 2.16. The lowest BCUT2D eigenvalue weighted by atomic mass is 9.98. The summed E-state index contributed by atoms with van der Waals surface area (Å²) in [5.41, 5.74) is 8.28. The number of benzene rings is 1. The van der Waals surface area contributed by atoms with E-state index in [1.54, 1.807) is 0 Å². The van der Waals surface area contributed by atoms with Crippen LogP contribution in [0, 0.1) is 6.92 Å². The average Bonchev–Trinajstić information content (AvgIpc) is 2.18. The molecule has 1 heterocycles. The summed E-state index contributed by atoms with van der Waals surface area (Å²) in [6.45, 7) is 2.94. The van der Waals surface area contributed by atoms with Gasteiger partial charge in [-0.15, -0.1) is 12.4 Å². The average molecular weight is 226 g/mol. The van der Waals surface area contributed by atoms with E-state index in [1.165, 1.54) is 11.1 Å². The van der Waals surface area contributed by atoms with E-state index in [0.29, 0.717) is 12.0 Å². The van der Waals surface area contributed by atoms with Crippen molar-refractivity contribution in [3.63, 3.8) is 0 Å². The Bertz CT molecular complexity index is 363. The standard InChI is InChI=1S/C11H15N3.ClH/c1-8-4-2-3-5-9(8)10-6-7-13-11(12)14-10;/h2-5,10H,6-7H2,1H3,(H3,12,13,14);1H. The van der Waals surface area contributed by atoms with Gasteiger partial charge in [-0.2, -0.15) is 0 Å². The minimum absolute atomic E-state index is 0. The van der Waals surface area contributed by atoms with Crippen LogP contribution in [0.5, 0.6) is 0 Å². The molecule has 0 aromatic heterocycles. The van der Waals surface area contributed by atoms with E-state index in [0.717, 1.165) is 13.0 Å². The summed E-state index contributed by atoms with van der Waals surface area (Å²) < 4.78 is 0. The monoisotopic (exact) mass is 225 g/mol. The summed E-state index contributed by atoms with van der Waals surface area (Å²) in [5, 5.41) is 3.20. The predicted molar refractivity (Wildman–Crippen MR) is 65.4 cm³/mol. The fourth-order valence-electron chi connectivity index (χ4n) is 1.82. The van der Waals surface area contributed by atoms with E-state index in [2.05, 4.69) is 41.5 Å². The summed E-state index contributed by atoms with van der Waals surface area (Å²) >= 11 is 0. The van der Waals surface area contributed by atoms with Crippen molar-refractivity contribution in [2.45, 2.75) is 19.4 Å². The van der Waals surface area contributed by atoms with E-state index in [4.69, 9.17) is 5.73 Å². The second-order valence-electron chi connectivity index (χ2n) is 3.61. The Kier molecular flexibility index (Phi) is 3.97. The summed E-state index contributed by atoms with van der Waals surface area (Å²) in [6, 6.07) is 8.71. The molecule has 0 spiro atoms. The third kappa shape index (κ3) is 2.63. The molecule has 0 amide bonds. The summed E-state index contributed by atoms with van der Waals surface area (Å²) in [6.07, 6.45) is 1.02. The van der Waals surface area contributed by atoms with Gasteiger partial charge in [0.25, 0.3) is 0 Å². The van der Waals surface area contributed by atoms with E-state index in [1.807, 2.05) is 0 Å². The summed E-state index contributed by atoms with van der Waals surface area (Å²) in [7, 11) is 0. The van der Waals surface area contributed by atoms with Crippen LogP contribution >= 0.6 is 12.4 Å². The molecule has 3 nitrogen and oxygen atoms in total. The number of hydrogen-bond acceptors (Lipinski definition) is 3. The van der Waals surface area contributed by atoms with Crippen molar-refractivity contribution in [2.75, 3.05) is 6.54 Å². The Hall–Kier alpha value is -1.22. The molecule has 1 aliphatic rings. The number of guanidine groups is 1. The van der Waals surface area contributed by atoms with E-state index in [-0.39, 0.29) is 12.4 Å². The van der Waals surface area contributed by atoms with Crippen LogP contribution in [0.1, 0.15) is 23.6 Å². The van der Waals surface area contributed by atoms with Gasteiger partial charge in [-0.1, -0.05) is 24.3 Å². The van der Waals surface area contributed by atoms with Crippen LogP contribution in [-0.2, 0) is 0 Å². The second-order valence-corrected chi connectivity index (χ2v) is 3.61. The molecule has 82 valence electrons. The first-order valence-corrected chi connectivity index (χ1v) is 4.89. The highest BCUT2D eigenvalue weighted by Crippen LogP contribution is 2.21. The van der Waals surface area contributed by atoms with Crippen LogP contribution in [0.2, 0.25) is 0 Å². The van der Waals surface area contributed by atoms with Crippen molar-refractivity contribution in [3.05, 3.63) is 35.4 Å². The number of nitrogens with zero attached hydrogens (tertiary/aromatic N) is 1. The Morgan fingerprint density at radius 3 is 2.80 bits per heavy atom. The fourth-order valence-corrected chi connectivity index (χ4v) is 1.82. The number of aliphatic imine (C=N–C) groups is 1. The number of halogens is 1. The van der Waals surface area contributed by atoms with Crippen LogP contribution in [0.15, 0.2) is 29.3 Å². The van der Waals surface area contributed by atoms with Crippen molar-refractivity contribution in [3.8, 4) is 0 Å². The number of rotatable bonds is 1. The third-order valence-electron chi connectivity index (χ3n) is 2.59. The van der Waals surface area contributed by atoms with E-state index < -0.39 is 0 Å². The Balaban J connectivity index is 0.00000112. The lowest BCUT2D eigenvalue weighted by Crippen LogP contribution is -2.38. The van der Waals surface area contributed by atoms with Crippen LogP contribution < -0.4 is 11.1 Å². The summed E-state index contributed by atoms with van der Waals surface area (Å²) in [5.74, 6) is 0.560. The zero-order valence-electron chi connectivity index (χ0n) is 8.73. The van der Waals surface area contributed by atoms with Gasteiger partial charge in [0.1, 0.15) is 0 Å². The molecular weight excluding hydrogens is 210 g/mol. The first-order chi connectivity index (χ1) is 6.77. The molecule has 0 radical (unpaired) electrons. The second kappa shape index (κ2) is 5.03. The van der Waals surface area contributed by atoms with Gasteiger partial charge in [0.15, 0.2) is 5.96 Å². The first kappa shape index (κ1) is 11.9. The number of nitrogens with two attached hydrogens (primary N) is 1. The zero-order chi connectivity index (χ0) is 9.97. The van der Waals surface area contributed by atoms with E-state index in [9.17, 15) is 0 Å². The van der Waals surface area contributed by atoms with Gasteiger partial charge in [0.2, 0.25) is 0 Å². The minimum Gasteiger partial charge on any atom is -0.370 e. The highest BCUT2D eigenvalue weighted by atomic mass is 35.5. The van der Waals surface area contributed by atoms with Crippen molar-refractivity contribution in [1.29, 1.82) is 0 Å². The van der Waals surface area contributed by atoms with Gasteiger partial charge < -0.3 is 11.1 Å². The Morgan fingerprint density at radius 1 is 1.40 bits per heavy atom.